The van der Waals surface area contributed by atoms with Gasteiger partial charge in [-0.3, -0.25) is 5.43 Å². The van der Waals surface area contributed by atoms with Gasteiger partial charge in [0.1, 0.15) is 0 Å². The third-order valence-corrected chi connectivity index (χ3v) is 2.00. The number of rotatable bonds is 2. The van der Waals surface area contributed by atoms with Crippen molar-refractivity contribution in [2.75, 3.05) is 5.43 Å². The maximum atomic E-state index is 5.24. The molecule has 2 aromatic heterocycles. The summed E-state index contributed by atoms with van der Waals surface area (Å²) in [5.74, 6) is 6.31. The number of aromatic nitrogens is 4. The lowest BCUT2D eigenvalue weighted by molar-refractivity contribution is 0.801. The average molecular weight is 204 g/mol. The van der Waals surface area contributed by atoms with Gasteiger partial charge in [0.25, 0.3) is 0 Å². The maximum absolute atomic E-state index is 5.24. The fourth-order valence-corrected chi connectivity index (χ4v) is 1.40. The first-order valence-electron chi connectivity index (χ1n) is 4.54. The van der Waals surface area contributed by atoms with Crippen molar-refractivity contribution in [1.29, 1.82) is 0 Å². The predicted molar refractivity (Wildman–Crippen MR) is 56.4 cm³/mol. The highest BCUT2D eigenvalue weighted by molar-refractivity contribution is 5.31. The highest BCUT2D eigenvalue weighted by atomic mass is 15.4. The first-order chi connectivity index (χ1) is 7.20. The number of nitrogens with zero attached hydrogens (tertiary/aromatic N) is 4. The van der Waals surface area contributed by atoms with Crippen LogP contribution in [0.5, 0.6) is 0 Å². The van der Waals surface area contributed by atoms with Crippen molar-refractivity contribution < 1.29 is 0 Å². The lowest BCUT2D eigenvalue weighted by Crippen LogP contribution is -2.12. The predicted octanol–water partition coefficient (Wildman–Crippen LogP) is 0.565. The van der Waals surface area contributed by atoms with E-state index in [-0.39, 0.29) is 0 Å². The Morgan fingerprint density at radius 1 is 1.40 bits per heavy atom. The minimum Gasteiger partial charge on any atom is -0.292 e. The molecule has 6 nitrogen and oxygen atoms in total. The summed E-state index contributed by atoms with van der Waals surface area (Å²) >= 11 is 0. The molecule has 3 N–H and O–H groups in total. The van der Waals surface area contributed by atoms with Crippen LogP contribution < -0.4 is 11.3 Å². The smallest absolute Gasteiger partial charge is 0.239 e. The van der Waals surface area contributed by atoms with Gasteiger partial charge in [-0.15, -0.1) is 0 Å². The van der Waals surface area contributed by atoms with Crippen molar-refractivity contribution >= 4 is 5.95 Å². The molecule has 2 rings (SSSR count). The van der Waals surface area contributed by atoms with Gasteiger partial charge in [0.2, 0.25) is 5.95 Å². The van der Waals surface area contributed by atoms with Crippen molar-refractivity contribution in [3.8, 4) is 5.82 Å². The Balaban J connectivity index is 2.49. The standard InChI is InChI=1S/C9H12N6/c1-6-5-7(2)15(14-6)8-3-4-11-9(12-8)13-10/h3-5H,10H2,1-2H3,(H,11,12,13). The van der Waals surface area contributed by atoms with E-state index in [9.17, 15) is 0 Å². The topological polar surface area (TPSA) is 81.7 Å². The molecule has 0 aromatic carbocycles. The van der Waals surface area contributed by atoms with E-state index in [2.05, 4.69) is 20.5 Å². The van der Waals surface area contributed by atoms with Crippen LogP contribution >= 0.6 is 0 Å². The van der Waals surface area contributed by atoms with E-state index in [1.165, 1.54) is 0 Å². The molecule has 0 saturated carbocycles. The zero-order chi connectivity index (χ0) is 10.8. The van der Waals surface area contributed by atoms with Gasteiger partial charge in [-0.05, 0) is 19.9 Å². The van der Waals surface area contributed by atoms with Crippen LogP contribution in [0.2, 0.25) is 0 Å². The van der Waals surface area contributed by atoms with Gasteiger partial charge in [-0.1, -0.05) is 0 Å². The SMILES string of the molecule is Cc1cc(C)n(-c2ccnc(NN)n2)n1. The largest absolute Gasteiger partial charge is 0.292 e. The highest BCUT2D eigenvalue weighted by Gasteiger charge is 2.05. The zero-order valence-corrected chi connectivity index (χ0v) is 8.60. The first kappa shape index (κ1) is 9.60. The number of hydrogen-bond donors (Lipinski definition) is 2. The summed E-state index contributed by atoms with van der Waals surface area (Å²) in [7, 11) is 0. The second kappa shape index (κ2) is 3.66. The third kappa shape index (κ3) is 1.79. The first-order valence-corrected chi connectivity index (χ1v) is 4.54. The summed E-state index contributed by atoms with van der Waals surface area (Å²) in [4.78, 5) is 8.12. The fourth-order valence-electron chi connectivity index (χ4n) is 1.40. The number of anilines is 1. The van der Waals surface area contributed by atoms with Crippen LogP contribution in [0.25, 0.3) is 5.82 Å². The van der Waals surface area contributed by atoms with Crippen LogP contribution in [0.15, 0.2) is 18.3 Å². The Kier molecular flexibility index (Phi) is 2.34. The summed E-state index contributed by atoms with van der Waals surface area (Å²) in [6.45, 7) is 3.91. The summed E-state index contributed by atoms with van der Waals surface area (Å²) in [5, 5.41) is 4.31. The molecule has 78 valence electrons. The Hall–Kier alpha value is -1.95. The van der Waals surface area contributed by atoms with Crippen molar-refractivity contribution in [3.63, 3.8) is 0 Å². The number of nitrogen functional groups attached to an aromatic ring is 1. The normalized spacial score (nSPS) is 10.3. The van der Waals surface area contributed by atoms with E-state index in [4.69, 9.17) is 5.84 Å². The van der Waals surface area contributed by atoms with Gasteiger partial charge in [-0.2, -0.15) is 10.1 Å². The average Bonchev–Trinajstić information content (AvgIpc) is 2.58. The minimum absolute atomic E-state index is 0.375. The number of hydrogen-bond acceptors (Lipinski definition) is 5. The van der Waals surface area contributed by atoms with Crippen LogP contribution in [-0.4, -0.2) is 19.7 Å². The zero-order valence-electron chi connectivity index (χ0n) is 8.60. The minimum atomic E-state index is 0.375. The van der Waals surface area contributed by atoms with E-state index in [1.807, 2.05) is 19.9 Å². The molecule has 0 radical (unpaired) electrons. The van der Waals surface area contributed by atoms with Crippen LogP contribution in [0, 0.1) is 13.8 Å². The number of hydrazine groups is 1. The van der Waals surface area contributed by atoms with E-state index in [0.717, 1.165) is 11.4 Å². The summed E-state index contributed by atoms with van der Waals surface area (Å²) in [5.41, 5.74) is 4.37. The van der Waals surface area contributed by atoms with E-state index in [0.29, 0.717) is 11.8 Å². The van der Waals surface area contributed by atoms with Gasteiger partial charge in [-0.25, -0.2) is 15.5 Å². The maximum Gasteiger partial charge on any atom is 0.239 e. The van der Waals surface area contributed by atoms with Crippen molar-refractivity contribution in [2.45, 2.75) is 13.8 Å². The highest BCUT2D eigenvalue weighted by Crippen LogP contribution is 2.09. The third-order valence-electron chi connectivity index (χ3n) is 2.00. The second-order valence-corrected chi connectivity index (χ2v) is 3.22. The molecule has 2 heterocycles. The molecular formula is C9H12N6. The molecule has 0 bridgehead atoms. The van der Waals surface area contributed by atoms with E-state index in [1.54, 1.807) is 16.9 Å². The summed E-state index contributed by atoms with van der Waals surface area (Å²) < 4.78 is 1.75. The molecule has 0 aliphatic rings. The molecule has 0 aliphatic carbocycles. The van der Waals surface area contributed by atoms with Crippen LogP contribution in [0.3, 0.4) is 0 Å². The molecule has 0 amide bonds. The molecule has 6 heteroatoms. The molecule has 0 saturated heterocycles. The molecule has 0 atom stereocenters. The van der Waals surface area contributed by atoms with Crippen LogP contribution in [0.1, 0.15) is 11.4 Å². The van der Waals surface area contributed by atoms with Gasteiger partial charge in [0.05, 0.1) is 5.69 Å². The summed E-state index contributed by atoms with van der Waals surface area (Å²) in [6.07, 6.45) is 1.63. The lowest BCUT2D eigenvalue weighted by atomic mass is 10.4. The van der Waals surface area contributed by atoms with Crippen molar-refractivity contribution in [1.82, 2.24) is 19.7 Å². The number of aryl methyl sites for hydroxylation is 2. The van der Waals surface area contributed by atoms with E-state index >= 15 is 0 Å². The van der Waals surface area contributed by atoms with Gasteiger partial charge < -0.3 is 0 Å². The molecular weight excluding hydrogens is 192 g/mol. The van der Waals surface area contributed by atoms with Crippen LogP contribution in [0.4, 0.5) is 5.95 Å². The monoisotopic (exact) mass is 204 g/mol. The van der Waals surface area contributed by atoms with Crippen molar-refractivity contribution in [3.05, 3.63) is 29.7 Å². The van der Waals surface area contributed by atoms with E-state index < -0.39 is 0 Å². The molecule has 0 spiro atoms. The lowest BCUT2D eigenvalue weighted by Gasteiger charge is -2.04. The molecule has 0 fully saturated rings. The Bertz CT molecular complexity index is 475. The summed E-state index contributed by atoms with van der Waals surface area (Å²) in [6, 6.07) is 3.76. The van der Waals surface area contributed by atoms with Gasteiger partial charge >= 0.3 is 0 Å². The molecule has 2 aromatic rings. The Labute approximate surface area is 87.1 Å². The second-order valence-electron chi connectivity index (χ2n) is 3.22. The van der Waals surface area contributed by atoms with Crippen LogP contribution in [-0.2, 0) is 0 Å². The Morgan fingerprint density at radius 2 is 2.20 bits per heavy atom. The molecule has 0 unspecified atom stereocenters. The Morgan fingerprint density at radius 3 is 2.80 bits per heavy atom. The molecule has 15 heavy (non-hydrogen) atoms. The van der Waals surface area contributed by atoms with Crippen molar-refractivity contribution in [2.24, 2.45) is 5.84 Å². The quantitative estimate of drug-likeness (QED) is 0.552. The number of nitrogens with two attached hydrogens (primary N) is 1. The number of nitrogens with one attached hydrogen (secondary N) is 1. The molecule has 0 aliphatic heterocycles. The van der Waals surface area contributed by atoms with Gasteiger partial charge in [0, 0.05) is 18.0 Å². The van der Waals surface area contributed by atoms with Gasteiger partial charge in [0.15, 0.2) is 5.82 Å². The fraction of sp³-hybridized carbons (Fsp3) is 0.222.